The van der Waals surface area contributed by atoms with E-state index < -0.39 is 29.3 Å². The molecule has 2 rings (SSSR count). The molecule has 0 spiro atoms. The summed E-state index contributed by atoms with van der Waals surface area (Å²) in [7, 11) is 0. The van der Waals surface area contributed by atoms with Gasteiger partial charge < -0.3 is 19.7 Å². The Labute approximate surface area is 94.2 Å². The lowest BCUT2D eigenvalue weighted by atomic mass is 10.1. The molecule has 5 nitrogen and oxygen atoms in total. The summed E-state index contributed by atoms with van der Waals surface area (Å²) in [6.07, 6.45) is -2.21. The van der Waals surface area contributed by atoms with Crippen LogP contribution in [0.3, 0.4) is 0 Å². The van der Waals surface area contributed by atoms with Crippen molar-refractivity contribution in [2.75, 3.05) is 13.2 Å². The first-order valence-corrected chi connectivity index (χ1v) is 4.70. The lowest BCUT2D eigenvalue weighted by molar-refractivity contribution is -0.147. The summed E-state index contributed by atoms with van der Waals surface area (Å²) in [5, 5.41) is 17.9. The van der Waals surface area contributed by atoms with E-state index in [9.17, 15) is 18.7 Å². The largest absolute Gasteiger partial charge is 0.486 e. The molecule has 0 saturated carbocycles. The third-order valence-electron chi connectivity index (χ3n) is 2.27. The third kappa shape index (κ3) is 1.89. The number of aliphatic hydroxyl groups is 1. The lowest BCUT2D eigenvalue weighted by Crippen LogP contribution is -2.21. The van der Waals surface area contributed by atoms with Gasteiger partial charge in [0.15, 0.2) is 29.2 Å². The zero-order valence-electron chi connectivity index (χ0n) is 8.44. The van der Waals surface area contributed by atoms with E-state index in [0.29, 0.717) is 0 Å². The summed E-state index contributed by atoms with van der Waals surface area (Å²) in [5.41, 5.74) is -0.757. The fourth-order valence-corrected chi connectivity index (χ4v) is 1.52. The summed E-state index contributed by atoms with van der Waals surface area (Å²) >= 11 is 0. The van der Waals surface area contributed by atoms with E-state index in [1.807, 2.05) is 0 Å². The number of fused-ring (bicyclic) bond motifs is 1. The van der Waals surface area contributed by atoms with Gasteiger partial charge in [-0.1, -0.05) is 0 Å². The lowest BCUT2D eigenvalue weighted by Gasteiger charge is -2.22. The van der Waals surface area contributed by atoms with Crippen LogP contribution in [0.1, 0.15) is 11.7 Å². The number of rotatable bonds is 2. The molecule has 0 bridgehead atoms. The topological polar surface area (TPSA) is 76.0 Å². The van der Waals surface area contributed by atoms with E-state index in [0.717, 1.165) is 6.07 Å². The highest BCUT2D eigenvalue weighted by molar-refractivity contribution is 5.76. The molecule has 0 aromatic heterocycles. The molecule has 92 valence electrons. The Morgan fingerprint density at radius 2 is 2.00 bits per heavy atom. The van der Waals surface area contributed by atoms with Gasteiger partial charge in [-0.25, -0.2) is 13.6 Å². The van der Waals surface area contributed by atoms with Crippen LogP contribution in [0.25, 0.3) is 0 Å². The van der Waals surface area contributed by atoms with E-state index in [1.54, 1.807) is 0 Å². The molecule has 1 aliphatic heterocycles. The van der Waals surface area contributed by atoms with Gasteiger partial charge >= 0.3 is 5.97 Å². The van der Waals surface area contributed by atoms with Crippen molar-refractivity contribution >= 4 is 5.97 Å². The van der Waals surface area contributed by atoms with Crippen LogP contribution in [0, 0.1) is 11.6 Å². The fourth-order valence-electron chi connectivity index (χ4n) is 1.52. The second kappa shape index (κ2) is 4.17. The quantitative estimate of drug-likeness (QED) is 0.809. The number of aliphatic carboxylic acids is 1. The molecule has 2 N–H and O–H groups in total. The minimum atomic E-state index is -2.21. The zero-order chi connectivity index (χ0) is 12.6. The Morgan fingerprint density at radius 1 is 1.35 bits per heavy atom. The molecule has 0 amide bonds. The minimum Gasteiger partial charge on any atom is -0.486 e. The fraction of sp³-hybridized carbons (Fsp3) is 0.300. The van der Waals surface area contributed by atoms with Gasteiger partial charge in [-0.05, 0) is 0 Å². The number of carboxylic acids is 1. The van der Waals surface area contributed by atoms with Crippen molar-refractivity contribution in [2.24, 2.45) is 0 Å². The van der Waals surface area contributed by atoms with Crippen molar-refractivity contribution in [2.45, 2.75) is 6.10 Å². The van der Waals surface area contributed by atoms with E-state index in [4.69, 9.17) is 14.6 Å². The monoisotopic (exact) mass is 246 g/mol. The standard InChI is InChI=1S/C10H8F2O5/c11-4-3-5-9(17-2-1-16-5)6(7(4)12)8(13)10(14)15/h3,8,13H,1-2H2,(H,14,15). The summed E-state index contributed by atoms with van der Waals surface area (Å²) < 4.78 is 36.6. The highest BCUT2D eigenvalue weighted by atomic mass is 19.2. The number of carboxylic acid groups (broad SMARTS) is 1. The Bertz CT molecular complexity index is 474. The Kier molecular flexibility index (Phi) is 2.84. The molecule has 17 heavy (non-hydrogen) atoms. The molecule has 1 heterocycles. The second-order valence-corrected chi connectivity index (χ2v) is 3.35. The van der Waals surface area contributed by atoms with E-state index in [1.165, 1.54) is 0 Å². The van der Waals surface area contributed by atoms with Crippen molar-refractivity contribution < 1.29 is 33.3 Å². The number of aliphatic hydroxyl groups excluding tert-OH is 1. The van der Waals surface area contributed by atoms with Gasteiger partial charge in [0.1, 0.15) is 13.2 Å². The molecule has 1 unspecified atom stereocenters. The second-order valence-electron chi connectivity index (χ2n) is 3.35. The van der Waals surface area contributed by atoms with Crippen LogP contribution in [0.2, 0.25) is 0 Å². The number of carbonyl (C=O) groups is 1. The highest BCUT2D eigenvalue weighted by Crippen LogP contribution is 2.40. The molecular weight excluding hydrogens is 238 g/mol. The summed E-state index contributed by atoms with van der Waals surface area (Å²) in [6.45, 7) is 0.206. The molecule has 7 heteroatoms. The molecule has 1 aromatic rings. The van der Waals surface area contributed by atoms with Crippen molar-refractivity contribution in [1.29, 1.82) is 0 Å². The van der Waals surface area contributed by atoms with Crippen molar-refractivity contribution in [3.05, 3.63) is 23.3 Å². The van der Waals surface area contributed by atoms with Crippen LogP contribution in [0.15, 0.2) is 6.07 Å². The molecule has 1 aromatic carbocycles. The first-order valence-electron chi connectivity index (χ1n) is 4.70. The number of hydrogen-bond acceptors (Lipinski definition) is 4. The maximum Gasteiger partial charge on any atom is 0.337 e. The summed E-state index contributed by atoms with van der Waals surface area (Å²) in [6, 6.07) is 0.752. The maximum atomic E-state index is 13.5. The Morgan fingerprint density at radius 3 is 2.65 bits per heavy atom. The molecule has 0 saturated heterocycles. The van der Waals surface area contributed by atoms with E-state index in [2.05, 4.69) is 0 Å². The van der Waals surface area contributed by atoms with Gasteiger partial charge in [-0.3, -0.25) is 0 Å². The van der Waals surface area contributed by atoms with Gasteiger partial charge in [0.05, 0.1) is 5.56 Å². The molecule has 1 aliphatic rings. The van der Waals surface area contributed by atoms with Gasteiger partial charge in [0.25, 0.3) is 0 Å². The highest BCUT2D eigenvalue weighted by Gasteiger charge is 2.31. The van der Waals surface area contributed by atoms with Crippen molar-refractivity contribution in [3.63, 3.8) is 0 Å². The average molecular weight is 246 g/mol. The van der Waals surface area contributed by atoms with Gasteiger partial charge in [-0.15, -0.1) is 0 Å². The van der Waals surface area contributed by atoms with Crippen LogP contribution in [-0.2, 0) is 4.79 Å². The number of benzene rings is 1. The third-order valence-corrected chi connectivity index (χ3v) is 2.27. The molecule has 0 radical (unpaired) electrons. The normalized spacial score (nSPS) is 15.5. The number of ether oxygens (including phenoxy) is 2. The molecule has 1 atom stereocenters. The molecule has 0 fully saturated rings. The average Bonchev–Trinajstić information content (AvgIpc) is 2.30. The van der Waals surface area contributed by atoms with E-state index in [-0.39, 0.29) is 24.7 Å². The van der Waals surface area contributed by atoms with Crippen LogP contribution in [0.4, 0.5) is 8.78 Å². The summed E-state index contributed by atoms with van der Waals surface area (Å²) in [5.74, 6) is -4.85. The van der Waals surface area contributed by atoms with Gasteiger partial charge in [0.2, 0.25) is 0 Å². The molecule has 0 aliphatic carbocycles. The zero-order valence-corrected chi connectivity index (χ0v) is 8.44. The SMILES string of the molecule is O=C(O)C(O)c1c(F)c(F)cc2c1OCCO2. The predicted octanol–water partition coefficient (Wildman–Crippen LogP) is 0.854. The minimum absolute atomic E-state index is 0.0669. The van der Waals surface area contributed by atoms with Gasteiger partial charge in [0, 0.05) is 6.07 Å². The Balaban J connectivity index is 2.62. The smallest absolute Gasteiger partial charge is 0.337 e. The van der Waals surface area contributed by atoms with Crippen molar-refractivity contribution in [1.82, 2.24) is 0 Å². The number of halogens is 2. The van der Waals surface area contributed by atoms with Gasteiger partial charge in [-0.2, -0.15) is 0 Å². The maximum absolute atomic E-state index is 13.5. The first kappa shape index (κ1) is 11.6. The predicted molar refractivity (Wildman–Crippen MR) is 49.9 cm³/mol. The van der Waals surface area contributed by atoms with E-state index >= 15 is 0 Å². The van der Waals surface area contributed by atoms with Crippen LogP contribution in [0.5, 0.6) is 11.5 Å². The molecular formula is C10H8F2O5. The number of hydrogen-bond donors (Lipinski definition) is 2. The van der Waals surface area contributed by atoms with Crippen molar-refractivity contribution in [3.8, 4) is 11.5 Å². The van der Waals surface area contributed by atoms with Crippen LogP contribution >= 0.6 is 0 Å². The Hall–Kier alpha value is -1.89. The summed E-state index contributed by atoms with van der Waals surface area (Å²) in [4.78, 5) is 10.6. The van der Waals surface area contributed by atoms with Crippen LogP contribution in [-0.4, -0.2) is 29.4 Å². The van der Waals surface area contributed by atoms with Crippen LogP contribution < -0.4 is 9.47 Å². The first-order chi connectivity index (χ1) is 8.02.